The minimum atomic E-state index is -0.130. The highest BCUT2D eigenvalue weighted by Crippen LogP contribution is 2.42. The molecular formula is C19H10N4O2. The van der Waals surface area contributed by atoms with Crippen molar-refractivity contribution in [3.8, 4) is 0 Å². The van der Waals surface area contributed by atoms with Crippen LogP contribution in [0.4, 0.5) is 0 Å². The van der Waals surface area contributed by atoms with E-state index in [0.717, 1.165) is 32.6 Å². The molecule has 0 atom stereocenters. The zero-order valence-electron chi connectivity index (χ0n) is 12.9. The molecule has 4 aromatic heterocycles. The number of hydrogen-bond acceptors (Lipinski definition) is 4. The molecule has 6 heteroatoms. The Hall–Kier alpha value is -3.54. The van der Waals surface area contributed by atoms with Crippen molar-refractivity contribution in [1.29, 1.82) is 0 Å². The molecule has 25 heavy (non-hydrogen) atoms. The minimum Gasteiger partial charge on any atom is -0.337 e. The summed E-state index contributed by atoms with van der Waals surface area (Å²) in [7, 11) is 0. The van der Waals surface area contributed by atoms with E-state index in [1.807, 2.05) is 24.3 Å². The second kappa shape index (κ2) is 4.10. The molecule has 0 radical (unpaired) electrons. The van der Waals surface area contributed by atoms with Crippen LogP contribution < -0.4 is 0 Å². The summed E-state index contributed by atoms with van der Waals surface area (Å²) in [5.74, 6) is -0.259. The van der Waals surface area contributed by atoms with Crippen LogP contribution in [0.25, 0.3) is 43.9 Å². The number of H-pyrrole nitrogens is 2. The number of pyridine rings is 2. The van der Waals surface area contributed by atoms with Gasteiger partial charge in [0, 0.05) is 45.1 Å². The van der Waals surface area contributed by atoms with E-state index in [1.165, 1.54) is 0 Å². The molecule has 0 saturated heterocycles. The Labute approximate surface area is 139 Å². The molecule has 118 valence electrons. The van der Waals surface area contributed by atoms with Gasteiger partial charge in [-0.05, 0) is 24.3 Å². The Morgan fingerprint density at radius 2 is 1.24 bits per heavy atom. The molecule has 1 aromatic carbocycles. The van der Waals surface area contributed by atoms with Gasteiger partial charge >= 0.3 is 0 Å². The van der Waals surface area contributed by atoms with Crippen LogP contribution in [0.5, 0.6) is 0 Å². The molecule has 5 aromatic rings. The predicted molar refractivity (Wildman–Crippen MR) is 94.0 cm³/mol. The molecule has 0 aliphatic heterocycles. The maximum Gasteiger partial charge on any atom is 0.172 e. The molecule has 0 saturated carbocycles. The van der Waals surface area contributed by atoms with Crippen LogP contribution >= 0.6 is 0 Å². The van der Waals surface area contributed by atoms with E-state index in [4.69, 9.17) is 0 Å². The number of benzene rings is 1. The number of hydrogen-bond donors (Lipinski definition) is 2. The zero-order chi connectivity index (χ0) is 16.7. The third-order valence-corrected chi connectivity index (χ3v) is 5.02. The zero-order valence-corrected chi connectivity index (χ0v) is 12.9. The Balaban J connectivity index is 2.04. The lowest BCUT2D eigenvalue weighted by molar-refractivity contribution is 0.0924. The Morgan fingerprint density at radius 3 is 1.72 bits per heavy atom. The number of rotatable bonds is 0. The number of nitrogens with one attached hydrogen (secondary N) is 2. The predicted octanol–water partition coefficient (Wildman–Crippen LogP) is 3.51. The molecule has 1 aliphatic carbocycles. The fourth-order valence-electron chi connectivity index (χ4n) is 4.07. The molecule has 4 heterocycles. The monoisotopic (exact) mass is 326 g/mol. The van der Waals surface area contributed by atoms with Crippen LogP contribution in [-0.2, 0) is 0 Å². The molecular weight excluding hydrogens is 316 g/mol. The molecule has 0 unspecified atom stereocenters. The number of ketones is 2. The quantitative estimate of drug-likeness (QED) is 0.426. The van der Waals surface area contributed by atoms with Gasteiger partial charge in [0.25, 0.3) is 0 Å². The summed E-state index contributed by atoms with van der Waals surface area (Å²) >= 11 is 0. The first-order valence-corrected chi connectivity index (χ1v) is 7.99. The van der Waals surface area contributed by atoms with E-state index in [9.17, 15) is 9.59 Å². The van der Waals surface area contributed by atoms with Crippen molar-refractivity contribution >= 4 is 55.4 Å². The standard InChI is InChI=1S/C19H10N4O2/c24-10-7-11(25)15-13-9-4-2-6-21-19(9)23-17(13)16-12(14(10)15)8-3-1-5-20-18(8)22-16/h1-6H,7H2,(H,20,22)(H,21,23). The fourth-order valence-corrected chi connectivity index (χ4v) is 4.07. The highest BCUT2D eigenvalue weighted by molar-refractivity contribution is 6.40. The second-order valence-corrected chi connectivity index (χ2v) is 6.32. The van der Waals surface area contributed by atoms with Crippen molar-refractivity contribution in [3.05, 3.63) is 47.8 Å². The SMILES string of the molecule is O=C1CC(=O)c2c1c1c3cccnc3[nH]c1c1[nH]c3ncccc3c21. The van der Waals surface area contributed by atoms with Crippen molar-refractivity contribution < 1.29 is 9.59 Å². The minimum absolute atomic E-state index is 0.0799. The van der Waals surface area contributed by atoms with Gasteiger partial charge in [0.1, 0.15) is 11.3 Å². The van der Waals surface area contributed by atoms with Crippen LogP contribution in [0.2, 0.25) is 0 Å². The summed E-state index contributed by atoms with van der Waals surface area (Å²) < 4.78 is 0. The van der Waals surface area contributed by atoms with Crippen LogP contribution in [0.1, 0.15) is 27.1 Å². The van der Waals surface area contributed by atoms with Gasteiger partial charge in [-0.2, -0.15) is 0 Å². The van der Waals surface area contributed by atoms with Crippen molar-refractivity contribution in [3.63, 3.8) is 0 Å². The average Bonchev–Trinajstić information content (AvgIpc) is 3.26. The van der Waals surface area contributed by atoms with Gasteiger partial charge in [-0.1, -0.05) is 0 Å². The van der Waals surface area contributed by atoms with Crippen molar-refractivity contribution in [1.82, 2.24) is 19.9 Å². The largest absolute Gasteiger partial charge is 0.337 e. The molecule has 0 bridgehead atoms. The molecule has 6 rings (SSSR count). The van der Waals surface area contributed by atoms with E-state index in [1.54, 1.807) is 12.4 Å². The third kappa shape index (κ3) is 1.40. The topological polar surface area (TPSA) is 91.5 Å². The second-order valence-electron chi connectivity index (χ2n) is 6.32. The average molecular weight is 326 g/mol. The van der Waals surface area contributed by atoms with E-state index in [0.29, 0.717) is 22.4 Å². The smallest absolute Gasteiger partial charge is 0.172 e. The molecule has 0 fully saturated rings. The number of Topliss-reactive ketones (excluding diaryl/α,β-unsaturated/α-hetero) is 2. The fraction of sp³-hybridized carbons (Fsp3) is 0.0526. The van der Waals surface area contributed by atoms with Crippen molar-refractivity contribution in [2.45, 2.75) is 6.42 Å². The first-order valence-electron chi connectivity index (χ1n) is 7.99. The lowest BCUT2D eigenvalue weighted by Gasteiger charge is -2.03. The summed E-state index contributed by atoms with van der Waals surface area (Å²) in [6, 6.07) is 7.51. The van der Waals surface area contributed by atoms with Gasteiger partial charge in [0.2, 0.25) is 0 Å². The lowest BCUT2D eigenvalue weighted by Crippen LogP contribution is -1.94. The van der Waals surface area contributed by atoms with Crippen LogP contribution in [-0.4, -0.2) is 31.5 Å². The summed E-state index contributed by atoms with van der Waals surface area (Å²) in [5.41, 5.74) is 4.01. The number of aromatic nitrogens is 4. The number of nitrogens with zero attached hydrogens (tertiary/aromatic N) is 2. The highest BCUT2D eigenvalue weighted by atomic mass is 16.2. The van der Waals surface area contributed by atoms with Crippen LogP contribution in [0.3, 0.4) is 0 Å². The van der Waals surface area contributed by atoms with E-state index < -0.39 is 0 Å². The molecule has 6 nitrogen and oxygen atoms in total. The Kier molecular flexibility index (Phi) is 2.11. The van der Waals surface area contributed by atoms with Gasteiger partial charge < -0.3 is 9.97 Å². The first-order chi connectivity index (χ1) is 12.2. The lowest BCUT2D eigenvalue weighted by atomic mass is 9.97. The van der Waals surface area contributed by atoms with Gasteiger partial charge in [0.15, 0.2) is 11.6 Å². The number of fused-ring (bicyclic) bond motifs is 10. The van der Waals surface area contributed by atoms with Crippen LogP contribution in [0, 0.1) is 0 Å². The molecule has 1 aliphatic rings. The van der Waals surface area contributed by atoms with Crippen molar-refractivity contribution in [2.75, 3.05) is 0 Å². The number of carbonyl (C=O) groups is 2. The Bertz CT molecular complexity index is 1300. The van der Waals surface area contributed by atoms with Gasteiger partial charge in [-0.15, -0.1) is 0 Å². The summed E-state index contributed by atoms with van der Waals surface area (Å²) in [5, 5.41) is 3.25. The normalized spacial score (nSPS) is 14.4. The van der Waals surface area contributed by atoms with Gasteiger partial charge in [-0.25, -0.2) is 9.97 Å². The summed E-state index contributed by atoms with van der Waals surface area (Å²) in [4.78, 5) is 40.7. The third-order valence-electron chi connectivity index (χ3n) is 5.02. The molecule has 0 spiro atoms. The maximum atomic E-state index is 12.7. The number of aromatic amines is 2. The summed E-state index contributed by atoms with van der Waals surface area (Å²) in [6.07, 6.45) is 3.33. The van der Waals surface area contributed by atoms with E-state index in [-0.39, 0.29) is 18.0 Å². The van der Waals surface area contributed by atoms with Gasteiger partial charge in [0.05, 0.1) is 17.5 Å². The van der Waals surface area contributed by atoms with E-state index in [2.05, 4.69) is 19.9 Å². The molecule has 2 N–H and O–H groups in total. The highest BCUT2D eigenvalue weighted by Gasteiger charge is 2.34. The summed E-state index contributed by atoms with van der Waals surface area (Å²) in [6.45, 7) is 0. The first kappa shape index (κ1) is 12.8. The Morgan fingerprint density at radius 1 is 0.760 bits per heavy atom. The number of carbonyl (C=O) groups excluding carboxylic acids is 2. The van der Waals surface area contributed by atoms with Crippen LogP contribution in [0.15, 0.2) is 36.7 Å². The van der Waals surface area contributed by atoms with E-state index >= 15 is 0 Å². The van der Waals surface area contributed by atoms with Gasteiger partial charge in [-0.3, -0.25) is 9.59 Å². The maximum absolute atomic E-state index is 12.7. The molecule has 0 amide bonds. The van der Waals surface area contributed by atoms with Crippen molar-refractivity contribution in [2.24, 2.45) is 0 Å².